The lowest BCUT2D eigenvalue weighted by Gasteiger charge is -2.04. The van der Waals surface area contributed by atoms with Gasteiger partial charge in [0.1, 0.15) is 0 Å². The van der Waals surface area contributed by atoms with Gasteiger partial charge in [0.2, 0.25) is 0 Å². The Hall–Kier alpha value is -1.55. The van der Waals surface area contributed by atoms with Gasteiger partial charge in [0.25, 0.3) is 0 Å². The number of aliphatic hydroxyl groups is 1. The Morgan fingerprint density at radius 2 is 2.29 bits per heavy atom. The average Bonchev–Trinajstić information content (AvgIpc) is 2.58. The van der Waals surface area contributed by atoms with Crippen LogP contribution in [-0.4, -0.2) is 22.9 Å². The van der Waals surface area contributed by atoms with Crippen LogP contribution >= 0.6 is 0 Å². The number of rotatable bonds is 3. The van der Waals surface area contributed by atoms with Crippen LogP contribution in [0.3, 0.4) is 0 Å². The van der Waals surface area contributed by atoms with Crippen LogP contribution in [0.1, 0.15) is 6.92 Å². The molecule has 4 nitrogen and oxygen atoms in total. The van der Waals surface area contributed by atoms with Crippen LogP contribution in [0, 0.1) is 0 Å². The van der Waals surface area contributed by atoms with Crippen molar-refractivity contribution in [3.8, 4) is 0 Å². The van der Waals surface area contributed by atoms with Crippen molar-refractivity contribution >= 4 is 16.8 Å². The highest BCUT2D eigenvalue weighted by Crippen LogP contribution is 2.21. The molecular weight excluding hydrogens is 180 g/mol. The molecular formula is C10H12N2O2. The fourth-order valence-corrected chi connectivity index (χ4v) is 1.26. The Morgan fingerprint density at radius 3 is 3.07 bits per heavy atom. The molecule has 1 atom stereocenters. The molecule has 4 heteroatoms. The molecule has 1 aromatic carbocycles. The predicted octanol–water partition coefficient (Wildman–Crippen LogP) is 1.62. The van der Waals surface area contributed by atoms with Crippen LogP contribution < -0.4 is 5.32 Å². The van der Waals surface area contributed by atoms with E-state index in [4.69, 9.17) is 9.63 Å². The zero-order valence-electron chi connectivity index (χ0n) is 7.90. The molecule has 0 unspecified atom stereocenters. The van der Waals surface area contributed by atoms with Crippen LogP contribution in [0.25, 0.3) is 11.0 Å². The molecule has 0 saturated heterocycles. The summed E-state index contributed by atoms with van der Waals surface area (Å²) in [7, 11) is 0. The molecule has 0 aliphatic heterocycles. The van der Waals surface area contributed by atoms with Crippen molar-refractivity contribution in [2.45, 2.75) is 13.0 Å². The molecule has 14 heavy (non-hydrogen) atoms. The molecule has 1 heterocycles. The van der Waals surface area contributed by atoms with E-state index in [0.29, 0.717) is 12.4 Å². The summed E-state index contributed by atoms with van der Waals surface area (Å²) in [5, 5.41) is 16.9. The van der Waals surface area contributed by atoms with E-state index in [9.17, 15) is 0 Å². The maximum absolute atomic E-state index is 9.10. The molecule has 2 N–H and O–H groups in total. The quantitative estimate of drug-likeness (QED) is 0.775. The van der Waals surface area contributed by atoms with Crippen molar-refractivity contribution in [1.82, 2.24) is 5.16 Å². The van der Waals surface area contributed by atoms with Gasteiger partial charge >= 0.3 is 0 Å². The number of fused-ring (bicyclic) bond motifs is 1. The lowest BCUT2D eigenvalue weighted by molar-refractivity contribution is 0.208. The number of nitrogens with zero attached hydrogens (tertiary/aromatic N) is 1. The highest BCUT2D eigenvalue weighted by atomic mass is 16.5. The number of benzene rings is 1. The normalized spacial score (nSPS) is 13.0. The molecule has 0 radical (unpaired) electrons. The van der Waals surface area contributed by atoms with Crippen LogP contribution in [0.15, 0.2) is 28.8 Å². The minimum Gasteiger partial charge on any atom is -0.392 e. The van der Waals surface area contributed by atoms with Crippen molar-refractivity contribution in [1.29, 1.82) is 0 Å². The zero-order chi connectivity index (χ0) is 9.97. The number of hydrogen-bond acceptors (Lipinski definition) is 4. The number of hydrogen-bond donors (Lipinski definition) is 2. The number of para-hydroxylation sites is 1. The maximum Gasteiger partial charge on any atom is 0.177 e. The van der Waals surface area contributed by atoms with Gasteiger partial charge in [-0.25, -0.2) is 0 Å². The second-order valence-corrected chi connectivity index (χ2v) is 3.26. The number of aliphatic hydroxyl groups excluding tert-OH is 1. The number of nitrogens with one attached hydrogen (secondary N) is 1. The molecule has 0 bridgehead atoms. The van der Waals surface area contributed by atoms with Crippen LogP contribution in [-0.2, 0) is 0 Å². The van der Waals surface area contributed by atoms with E-state index in [1.54, 1.807) is 6.92 Å². The van der Waals surface area contributed by atoms with Gasteiger partial charge in [0, 0.05) is 6.54 Å². The molecule has 0 amide bonds. The Bertz CT molecular complexity index is 423. The molecule has 0 spiro atoms. The van der Waals surface area contributed by atoms with Crippen molar-refractivity contribution in [2.24, 2.45) is 0 Å². The zero-order valence-corrected chi connectivity index (χ0v) is 7.90. The molecule has 0 saturated carbocycles. The van der Waals surface area contributed by atoms with Gasteiger partial charge in [0.05, 0.1) is 11.5 Å². The Labute approximate surface area is 81.5 Å². The second kappa shape index (κ2) is 3.67. The predicted molar refractivity (Wildman–Crippen MR) is 54.2 cm³/mol. The van der Waals surface area contributed by atoms with Gasteiger partial charge in [-0.15, -0.1) is 0 Å². The summed E-state index contributed by atoms with van der Waals surface area (Å²) in [5.41, 5.74) is 0.751. The smallest absolute Gasteiger partial charge is 0.177 e. The number of aromatic nitrogens is 1. The average molecular weight is 192 g/mol. The van der Waals surface area contributed by atoms with Gasteiger partial charge in [-0.1, -0.05) is 17.3 Å². The van der Waals surface area contributed by atoms with Gasteiger partial charge < -0.3 is 14.9 Å². The summed E-state index contributed by atoms with van der Waals surface area (Å²) in [6.07, 6.45) is -0.398. The van der Waals surface area contributed by atoms with Crippen molar-refractivity contribution in [3.63, 3.8) is 0 Å². The Morgan fingerprint density at radius 1 is 1.50 bits per heavy atom. The van der Waals surface area contributed by atoms with Crippen molar-refractivity contribution in [3.05, 3.63) is 24.3 Å². The number of anilines is 1. The molecule has 0 aliphatic carbocycles. The Balaban J connectivity index is 2.25. The summed E-state index contributed by atoms with van der Waals surface area (Å²) in [6.45, 7) is 2.19. The topological polar surface area (TPSA) is 58.3 Å². The monoisotopic (exact) mass is 192 g/mol. The third-order valence-electron chi connectivity index (χ3n) is 1.94. The third-order valence-corrected chi connectivity index (χ3v) is 1.94. The fraction of sp³-hybridized carbons (Fsp3) is 0.300. The molecule has 1 aromatic heterocycles. The summed E-state index contributed by atoms with van der Waals surface area (Å²) in [5.74, 6) is 0.682. The van der Waals surface area contributed by atoms with Crippen LogP contribution in [0.2, 0.25) is 0 Å². The molecule has 2 rings (SSSR count). The van der Waals surface area contributed by atoms with Crippen LogP contribution in [0.5, 0.6) is 0 Å². The molecule has 0 aliphatic rings. The minimum absolute atomic E-state index is 0.398. The highest BCUT2D eigenvalue weighted by Gasteiger charge is 2.06. The van der Waals surface area contributed by atoms with Gasteiger partial charge in [0.15, 0.2) is 11.4 Å². The first kappa shape index (κ1) is 9.02. The largest absolute Gasteiger partial charge is 0.392 e. The van der Waals surface area contributed by atoms with Gasteiger partial charge in [-0.2, -0.15) is 0 Å². The van der Waals surface area contributed by atoms with E-state index in [-0.39, 0.29) is 0 Å². The second-order valence-electron chi connectivity index (χ2n) is 3.26. The first-order chi connectivity index (χ1) is 6.77. The van der Waals surface area contributed by atoms with E-state index in [2.05, 4.69) is 10.5 Å². The van der Waals surface area contributed by atoms with E-state index in [1.807, 2.05) is 24.3 Å². The molecule has 0 fully saturated rings. The fourth-order valence-electron chi connectivity index (χ4n) is 1.26. The Kier molecular flexibility index (Phi) is 2.37. The van der Waals surface area contributed by atoms with Gasteiger partial charge in [-0.3, -0.25) is 0 Å². The standard InChI is InChI=1S/C10H12N2O2/c1-7(13)6-11-10-8-4-2-3-5-9(8)14-12-10/h2-5,7,13H,6H2,1H3,(H,11,12)/t7-/m0/s1. The SMILES string of the molecule is C[C@H](O)CNc1noc2ccccc12. The maximum atomic E-state index is 9.10. The molecule has 2 aromatic rings. The summed E-state index contributed by atoms with van der Waals surface area (Å²) in [6, 6.07) is 7.60. The first-order valence-corrected chi connectivity index (χ1v) is 4.54. The van der Waals surface area contributed by atoms with E-state index < -0.39 is 6.10 Å². The molecule has 74 valence electrons. The van der Waals surface area contributed by atoms with E-state index in [0.717, 1.165) is 11.0 Å². The lowest BCUT2D eigenvalue weighted by atomic mass is 10.2. The minimum atomic E-state index is -0.398. The summed E-state index contributed by atoms with van der Waals surface area (Å²) < 4.78 is 5.09. The lowest BCUT2D eigenvalue weighted by Crippen LogP contribution is -2.15. The van der Waals surface area contributed by atoms with E-state index >= 15 is 0 Å². The van der Waals surface area contributed by atoms with Crippen LogP contribution in [0.4, 0.5) is 5.82 Å². The first-order valence-electron chi connectivity index (χ1n) is 4.54. The van der Waals surface area contributed by atoms with Crippen molar-refractivity contribution < 1.29 is 9.63 Å². The third kappa shape index (κ3) is 1.70. The summed E-state index contributed by atoms with van der Waals surface area (Å²) >= 11 is 0. The summed E-state index contributed by atoms with van der Waals surface area (Å²) in [4.78, 5) is 0. The van der Waals surface area contributed by atoms with Crippen molar-refractivity contribution in [2.75, 3.05) is 11.9 Å². The van der Waals surface area contributed by atoms with E-state index in [1.165, 1.54) is 0 Å². The van der Waals surface area contributed by atoms with Gasteiger partial charge in [-0.05, 0) is 19.1 Å². The highest BCUT2D eigenvalue weighted by molar-refractivity contribution is 5.87.